The van der Waals surface area contributed by atoms with Crippen molar-refractivity contribution in [1.29, 1.82) is 0 Å². The Morgan fingerprint density at radius 2 is 1.76 bits per heavy atom. The maximum Gasteiger partial charge on any atom is 0.159 e. The Kier molecular flexibility index (Phi) is 2.41. The summed E-state index contributed by atoms with van der Waals surface area (Å²) >= 11 is 1.57. The minimum atomic E-state index is 0.570. The van der Waals surface area contributed by atoms with Gasteiger partial charge in [-0.3, -0.25) is 4.98 Å². The molecular weight excluding hydrogens is 236 g/mol. The number of nitrogens with zero attached hydrogens (tertiary/aromatic N) is 3. The van der Waals surface area contributed by atoms with Crippen LogP contribution in [0.5, 0.6) is 0 Å². The van der Waals surface area contributed by atoms with Gasteiger partial charge in [0.2, 0.25) is 0 Å². The number of nitrogens with two attached hydrogens (primary N) is 1. The first kappa shape index (κ1) is 10.1. The number of anilines is 1. The lowest BCUT2D eigenvalue weighted by Crippen LogP contribution is -1.87. The molecule has 0 bridgehead atoms. The normalized spacial score (nSPS) is 10.8. The van der Waals surface area contributed by atoms with E-state index >= 15 is 0 Å². The van der Waals surface area contributed by atoms with Crippen LogP contribution < -0.4 is 5.73 Å². The van der Waals surface area contributed by atoms with E-state index in [1.54, 1.807) is 30.2 Å². The summed E-state index contributed by atoms with van der Waals surface area (Å²) < 4.78 is 4.72. The van der Waals surface area contributed by atoms with Crippen LogP contribution in [-0.2, 0) is 0 Å². The van der Waals surface area contributed by atoms with E-state index in [2.05, 4.69) is 15.3 Å². The minimum Gasteiger partial charge on any atom is -0.397 e. The van der Waals surface area contributed by atoms with Crippen molar-refractivity contribution in [3.05, 3.63) is 36.7 Å². The first-order chi connectivity index (χ1) is 8.34. The largest absolute Gasteiger partial charge is 0.397 e. The van der Waals surface area contributed by atoms with Crippen LogP contribution in [0.15, 0.2) is 51.1 Å². The highest BCUT2D eigenvalue weighted by atomic mass is 32.2. The van der Waals surface area contributed by atoms with Crippen LogP contribution in [0.1, 0.15) is 0 Å². The molecule has 2 heterocycles. The third-order valence-corrected chi connectivity index (χ3v) is 3.34. The Morgan fingerprint density at radius 3 is 2.59 bits per heavy atom. The van der Waals surface area contributed by atoms with Gasteiger partial charge in [-0.1, -0.05) is 11.8 Å². The van der Waals surface area contributed by atoms with Crippen LogP contribution in [0.3, 0.4) is 0 Å². The van der Waals surface area contributed by atoms with E-state index in [4.69, 9.17) is 10.4 Å². The molecule has 17 heavy (non-hydrogen) atoms. The Labute approximate surface area is 101 Å². The summed E-state index contributed by atoms with van der Waals surface area (Å²) in [6.07, 6.45) is 3.50. The zero-order valence-electron chi connectivity index (χ0n) is 8.70. The minimum absolute atomic E-state index is 0.570. The molecule has 84 valence electrons. The van der Waals surface area contributed by atoms with Crippen LogP contribution in [0.25, 0.3) is 11.0 Å². The molecule has 0 aliphatic carbocycles. The van der Waals surface area contributed by atoms with E-state index < -0.39 is 0 Å². The average molecular weight is 244 g/mol. The van der Waals surface area contributed by atoms with E-state index in [1.807, 2.05) is 18.2 Å². The molecule has 3 rings (SSSR count). The van der Waals surface area contributed by atoms with Crippen LogP contribution in [0.2, 0.25) is 0 Å². The van der Waals surface area contributed by atoms with Gasteiger partial charge in [-0.05, 0) is 34.6 Å². The Balaban J connectivity index is 2.07. The molecule has 6 heteroatoms. The van der Waals surface area contributed by atoms with Gasteiger partial charge >= 0.3 is 0 Å². The third-order valence-electron chi connectivity index (χ3n) is 2.29. The van der Waals surface area contributed by atoms with Crippen LogP contribution in [0.4, 0.5) is 5.69 Å². The fourth-order valence-corrected chi connectivity index (χ4v) is 2.36. The van der Waals surface area contributed by atoms with Crippen molar-refractivity contribution in [3.63, 3.8) is 0 Å². The molecule has 0 unspecified atom stereocenters. The van der Waals surface area contributed by atoms with E-state index in [-0.39, 0.29) is 0 Å². The van der Waals surface area contributed by atoms with Gasteiger partial charge in [0.05, 0.1) is 5.69 Å². The summed E-state index contributed by atoms with van der Waals surface area (Å²) in [6.45, 7) is 0. The topological polar surface area (TPSA) is 77.8 Å². The van der Waals surface area contributed by atoms with Crippen molar-refractivity contribution in [1.82, 2.24) is 15.3 Å². The maximum atomic E-state index is 5.78. The van der Waals surface area contributed by atoms with Gasteiger partial charge in [-0.15, -0.1) is 0 Å². The lowest BCUT2D eigenvalue weighted by molar-refractivity contribution is 0.315. The second kappa shape index (κ2) is 4.06. The fourth-order valence-electron chi connectivity index (χ4n) is 1.48. The van der Waals surface area contributed by atoms with Crippen molar-refractivity contribution in [2.75, 3.05) is 5.73 Å². The van der Waals surface area contributed by atoms with Gasteiger partial charge in [0, 0.05) is 22.2 Å². The van der Waals surface area contributed by atoms with Gasteiger partial charge in [0.15, 0.2) is 11.0 Å². The van der Waals surface area contributed by atoms with Crippen LogP contribution >= 0.6 is 11.8 Å². The smallest absolute Gasteiger partial charge is 0.159 e. The second-order valence-corrected chi connectivity index (χ2v) is 4.51. The maximum absolute atomic E-state index is 5.78. The van der Waals surface area contributed by atoms with Gasteiger partial charge in [-0.2, -0.15) is 0 Å². The zero-order valence-corrected chi connectivity index (χ0v) is 9.52. The number of pyridine rings is 1. The second-order valence-electron chi connectivity index (χ2n) is 3.40. The number of hydrogen-bond donors (Lipinski definition) is 1. The molecule has 0 spiro atoms. The summed E-state index contributed by atoms with van der Waals surface area (Å²) in [5.74, 6) is 0. The summed E-state index contributed by atoms with van der Waals surface area (Å²) in [5, 5.41) is 7.66. The molecular formula is C11H8N4OS. The summed E-state index contributed by atoms with van der Waals surface area (Å²) in [5.41, 5.74) is 7.64. The molecule has 0 radical (unpaired) electrons. The molecule has 0 fully saturated rings. The average Bonchev–Trinajstić information content (AvgIpc) is 2.84. The molecule has 0 saturated heterocycles. The molecule has 5 nitrogen and oxygen atoms in total. The predicted molar refractivity (Wildman–Crippen MR) is 64.6 cm³/mol. The quantitative estimate of drug-likeness (QED) is 0.697. The van der Waals surface area contributed by atoms with Crippen molar-refractivity contribution in [2.45, 2.75) is 9.79 Å². The highest BCUT2D eigenvalue weighted by molar-refractivity contribution is 7.99. The van der Waals surface area contributed by atoms with Crippen molar-refractivity contribution >= 4 is 28.5 Å². The predicted octanol–water partition coefficient (Wildman–Crippen LogP) is 2.35. The molecule has 2 aromatic heterocycles. The Bertz CT molecular complexity index is 653. The summed E-state index contributed by atoms with van der Waals surface area (Å²) in [7, 11) is 0. The highest BCUT2D eigenvalue weighted by Crippen LogP contribution is 2.33. The number of rotatable bonds is 2. The molecule has 0 amide bonds. The number of hydrogen-bond acceptors (Lipinski definition) is 6. The van der Waals surface area contributed by atoms with Crippen molar-refractivity contribution < 1.29 is 4.63 Å². The first-order valence-electron chi connectivity index (χ1n) is 4.93. The molecule has 2 N–H and O–H groups in total. The number of fused-ring (bicyclic) bond motifs is 1. The van der Waals surface area contributed by atoms with Crippen molar-refractivity contribution in [2.24, 2.45) is 0 Å². The SMILES string of the molecule is Nc1ccc(Sc2ccncc2)c2nonc12. The molecule has 0 aliphatic rings. The lowest BCUT2D eigenvalue weighted by atomic mass is 10.3. The highest BCUT2D eigenvalue weighted by Gasteiger charge is 2.10. The monoisotopic (exact) mass is 244 g/mol. The molecule has 0 saturated carbocycles. The van der Waals surface area contributed by atoms with E-state index in [1.165, 1.54) is 0 Å². The zero-order chi connectivity index (χ0) is 11.7. The van der Waals surface area contributed by atoms with Gasteiger partial charge in [-0.25, -0.2) is 4.63 Å². The molecule has 0 aliphatic heterocycles. The van der Waals surface area contributed by atoms with Gasteiger partial charge in [0.1, 0.15) is 0 Å². The Morgan fingerprint density at radius 1 is 1.00 bits per heavy atom. The van der Waals surface area contributed by atoms with E-state index in [0.29, 0.717) is 16.7 Å². The fraction of sp³-hybridized carbons (Fsp3) is 0. The Hall–Kier alpha value is -2.08. The van der Waals surface area contributed by atoms with E-state index in [9.17, 15) is 0 Å². The van der Waals surface area contributed by atoms with E-state index in [0.717, 1.165) is 9.79 Å². The number of nitrogen functional groups attached to an aromatic ring is 1. The van der Waals surface area contributed by atoms with Gasteiger partial charge in [0.25, 0.3) is 0 Å². The van der Waals surface area contributed by atoms with Crippen LogP contribution in [0, 0.1) is 0 Å². The summed E-state index contributed by atoms with van der Waals surface area (Å²) in [6, 6.07) is 7.57. The molecule has 0 atom stereocenters. The summed E-state index contributed by atoms with van der Waals surface area (Å²) in [4.78, 5) is 6.01. The number of benzene rings is 1. The molecule has 3 aromatic rings. The van der Waals surface area contributed by atoms with Gasteiger partial charge < -0.3 is 5.73 Å². The molecule has 1 aromatic carbocycles. The lowest BCUT2D eigenvalue weighted by Gasteiger charge is -2.01. The number of aromatic nitrogens is 3. The first-order valence-corrected chi connectivity index (χ1v) is 5.75. The van der Waals surface area contributed by atoms with Crippen molar-refractivity contribution in [3.8, 4) is 0 Å². The third kappa shape index (κ3) is 1.83. The standard InChI is InChI=1S/C11H8N4OS/c12-8-1-2-9(11-10(8)14-16-15-11)17-7-3-5-13-6-4-7/h1-6H,12H2. The van der Waals surface area contributed by atoms with Crippen LogP contribution in [-0.4, -0.2) is 15.3 Å².